The number of carbonyl (C=O) groups is 1. The second-order valence-corrected chi connectivity index (χ2v) is 6.45. The van der Waals surface area contributed by atoms with Crippen LogP contribution in [0.4, 0.5) is 0 Å². The van der Waals surface area contributed by atoms with Gasteiger partial charge in [0.15, 0.2) is 0 Å². The Bertz CT molecular complexity index is 724. The van der Waals surface area contributed by atoms with E-state index in [1.54, 1.807) is 0 Å². The molecule has 0 unspecified atom stereocenters. The molecular formula is C18H23N3O2. The van der Waals surface area contributed by atoms with Gasteiger partial charge in [-0.2, -0.15) is 0 Å². The fourth-order valence-electron chi connectivity index (χ4n) is 4.03. The average molecular weight is 313 g/mol. The summed E-state index contributed by atoms with van der Waals surface area (Å²) in [6.45, 7) is 3.85. The largest absolute Gasteiger partial charge is 0.374 e. The molecule has 1 aliphatic heterocycles. The number of nitrogens with zero attached hydrogens (tertiary/aromatic N) is 3. The lowest BCUT2D eigenvalue weighted by Gasteiger charge is -2.37. The van der Waals surface area contributed by atoms with E-state index in [9.17, 15) is 4.79 Å². The van der Waals surface area contributed by atoms with Gasteiger partial charge >= 0.3 is 0 Å². The molecule has 1 aromatic heterocycles. The first-order valence-corrected chi connectivity index (χ1v) is 8.63. The maximum atomic E-state index is 12.9. The van der Waals surface area contributed by atoms with Crippen molar-refractivity contribution in [3.8, 4) is 0 Å². The number of benzene rings is 1. The van der Waals surface area contributed by atoms with Gasteiger partial charge in [-0.25, -0.2) is 4.98 Å². The molecule has 0 bridgehead atoms. The molecule has 5 nitrogen and oxygen atoms in total. The molecule has 2 fully saturated rings. The van der Waals surface area contributed by atoms with Gasteiger partial charge in [0.2, 0.25) is 5.91 Å². The number of aromatic nitrogens is 2. The first-order valence-electron chi connectivity index (χ1n) is 8.63. The molecule has 4 rings (SSSR count). The molecule has 1 saturated heterocycles. The standard InChI is InChI=1S/C18H23N3O2/c1-2-17-19-13-6-3-4-7-14(13)21(17)12-18(22)20-10-11-23-16-9-5-8-15(16)20/h3-4,6-7,15-16H,2,5,8-12H2,1H3/t15-,16-/m1/s1. The molecule has 0 N–H and O–H groups in total. The summed E-state index contributed by atoms with van der Waals surface area (Å²) >= 11 is 0. The number of amides is 1. The van der Waals surface area contributed by atoms with E-state index in [0.717, 1.165) is 42.5 Å². The minimum atomic E-state index is 0.197. The van der Waals surface area contributed by atoms with Crippen molar-refractivity contribution < 1.29 is 9.53 Å². The van der Waals surface area contributed by atoms with E-state index >= 15 is 0 Å². The molecule has 2 aliphatic rings. The normalized spacial score (nSPS) is 24.1. The minimum Gasteiger partial charge on any atom is -0.374 e. The highest BCUT2D eigenvalue weighted by molar-refractivity contribution is 5.81. The van der Waals surface area contributed by atoms with Gasteiger partial charge in [0.05, 0.1) is 29.8 Å². The van der Waals surface area contributed by atoms with Gasteiger partial charge in [-0.15, -0.1) is 0 Å². The van der Waals surface area contributed by atoms with Gasteiger partial charge in [-0.3, -0.25) is 4.79 Å². The van der Waals surface area contributed by atoms with Crippen LogP contribution in [-0.4, -0.2) is 45.7 Å². The van der Waals surface area contributed by atoms with Crippen molar-refractivity contribution in [3.63, 3.8) is 0 Å². The van der Waals surface area contributed by atoms with E-state index in [-0.39, 0.29) is 18.1 Å². The summed E-state index contributed by atoms with van der Waals surface area (Å²) in [4.78, 5) is 19.7. The number of ether oxygens (including phenoxy) is 1. The van der Waals surface area contributed by atoms with E-state index in [4.69, 9.17) is 4.74 Å². The smallest absolute Gasteiger partial charge is 0.242 e. The zero-order valence-electron chi connectivity index (χ0n) is 13.6. The topological polar surface area (TPSA) is 47.4 Å². The maximum absolute atomic E-state index is 12.9. The van der Waals surface area contributed by atoms with Crippen LogP contribution in [0.15, 0.2) is 24.3 Å². The Hall–Kier alpha value is -1.88. The Morgan fingerprint density at radius 2 is 2.22 bits per heavy atom. The number of fused-ring (bicyclic) bond motifs is 2. The van der Waals surface area contributed by atoms with Gasteiger partial charge in [-0.1, -0.05) is 19.1 Å². The molecule has 1 amide bonds. The SMILES string of the molecule is CCc1nc2ccccc2n1CC(=O)N1CCO[C@@H]2CCC[C@H]21. The molecule has 122 valence electrons. The van der Waals surface area contributed by atoms with Crippen molar-refractivity contribution in [1.29, 1.82) is 0 Å². The van der Waals surface area contributed by atoms with Crippen molar-refractivity contribution in [3.05, 3.63) is 30.1 Å². The third-order valence-corrected chi connectivity index (χ3v) is 5.15. The predicted molar refractivity (Wildman–Crippen MR) is 88.2 cm³/mol. The molecule has 5 heteroatoms. The van der Waals surface area contributed by atoms with Crippen molar-refractivity contribution in [2.45, 2.75) is 51.3 Å². The summed E-state index contributed by atoms with van der Waals surface area (Å²) in [7, 11) is 0. The van der Waals surface area contributed by atoms with Crippen LogP contribution in [0.25, 0.3) is 11.0 Å². The lowest BCUT2D eigenvalue weighted by molar-refractivity contribution is -0.144. The van der Waals surface area contributed by atoms with Crippen LogP contribution in [0.5, 0.6) is 0 Å². The van der Waals surface area contributed by atoms with Crippen LogP contribution in [0.1, 0.15) is 32.0 Å². The fraction of sp³-hybridized carbons (Fsp3) is 0.556. The van der Waals surface area contributed by atoms with Crippen molar-refractivity contribution in [1.82, 2.24) is 14.5 Å². The van der Waals surface area contributed by atoms with Crippen LogP contribution in [0.3, 0.4) is 0 Å². The second kappa shape index (κ2) is 5.96. The summed E-state index contributed by atoms with van der Waals surface area (Å²) in [5, 5.41) is 0. The number of hydrogen-bond donors (Lipinski definition) is 0. The fourth-order valence-corrected chi connectivity index (χ4v) is 4.03. The van der Waals surface area contributed by atoms with E-state index in [1.165, 1.54) is 0 Å². The Morgan fingerprint density at radius 3 is 3.09 bits per heavy atom. The molecule has 2 atom stereocenters. The van der Waals surface area contributed by atoms with Gasteiger partial charge in [0.1, 0.15) is 12.4 Å². The predicted octanol–water partition coefficient (Wildman–Crippen LogP) is 2.38. The van der Waals surface area contributed by atoms with Crippen molar-refractivity contribution in [2.75, 3.05) is 13.2 Å². The summed E-state index contributed by atoms with van der Waals surface area (Å²) in [6.07, 6.45) is 4.40. The molecule has 0 radical (unpaired) electrons. The Balaban J connectivity index is 1.61. The molecule has 2 heterocycles. The van der Waals surface area contributed by atoms with E-state index < -0.39 is 0 Å². The highest BCUT2D eigenvalue weighted by Gasteiger charge is 2.38. The zero-order chi connectivity index (χ0) is 15.8. The molecule has 1 aliphatic carbocycles. The number of imidazole rings is 1. The van der Waals surface area contributed by atoms with Crippen molar-refractivity contribution >= 4 is 16.9 Å². The lowest BCUT2D eigenvalue weighted by Crippen LogP contribution is -2.52. The molecule has 1 aromatic carbocycles. The molecule has 1 saturated carbocycles. The maximum Gasteiger partial charge on any atom is 0.242 e. The first-order chi connectivity index (χ1) is 11.3. The third kappa shape index (κ3) is 2.53. The highest BCUT2D eigenvalue weighted by atomic mass is 16.5. The Morgan fingerprint density at radius 1 is 1.35 bits per heavy atom. The number of morpholine rings is 1. The molecule has 0 spiro atoms. The molecule has 2 aromatic rings. The molecular weight excluding hydrogens is 290 g/mol. The summed E-state index contributed by atoms with van der Waals surface area (Å²) in [6, 6.07) is 8.33. The number of rotatable bonds is 3. The first kappa shape index (κ1) is 14.7. The third-order valence-electron chi connectivity index (χ3n) is 5.15. The number of hydrogen-bond acceptors (Lipinski definition) is 3. The quantitative estimate of drug-likeness (QED) is 0.874. The number of carbonyl (C=O) groups excluding carboxylic acids is 1. The monoisotopic (exact) mass is 313 g/mol. The van der Waals surface area contributed by atoms with E-state index in [2.05, 4.69) is 21.4 Å². The summed E-state index contributed by atoms with van der Waals surface area (Å²) in [5.41, 5.74) is 2.02. The number of para-hydroxylation sites is 2. The van der Waals surface area contributed by atoms with E-state index in [1.807, 2.05) is 24.3 Å². The summed E-state index contributed by atoms with van der Waals surface area (Å²) in [5.74, 6) is 1.18. The zero-order valence-corrected chi connectivity index (χ0v) is 13.6. The van der Waals surface area contributed by atoms with Crippen LogP contribution >= 0.6 is 0 Å². The number of aryl methyl sites for hydroxylation is 1. The lowest BCUT2D eigenvalue weighted by atomic mass is 10.1. The Kier molecular flexibility index (Phi) is 3.81. The van der Waals surface area contributed by atoms with Crippen molar-refractivity contribution in [2.24, 2.45) is 0 Å². The Labute approximate surface area is 136 Å². The van der Waals surface area contributed by atoms with Gasteiger partial charge in [-0.05, 0) is 31.4 Å². The van der Waals surface area contributed by atoms with Crippen LogP contribution < -0.4 is 0 Å². The van der Waals surface area contributed by atoms with Gasteiger partial charge < -0.3 is 14.2 Å². The van der Waals surface area contributed by atoms with Gasteiger partial charge in [0, 0.05) is 13.0 Å². The van der Waals surface area contributed by atoms with Crippen LogP contribution in [0, 0.1) is 0 Å². The highest BCUT2D eigenvalue weighted by Crippen LogP contribution is 2.30. The average Bonchev–Trinajstić information content (AvgIpc) is 3.19. The van der Waals surface area contributed by atoms with Gasteiger partial charge in [0.25, 0.3) is 0 Å². The van der Waals surface area contributed by atoms with E-state index in [0.29, 0.717) is 19.7 Å². The van der Waals surface area contributed by atoms with Crippen LogP contribution in [-0.2, 0) is 22.5 Å². The second-order valence-electron chi connectivity index (χ2n) is 6.45. The van der Waals surface area contributed by atoms with Crippen LogP contribution in [0.2, 0.25) is 0 Å². The molecule has 23 heavy (non-hydrogen) atoms. The minimum absolute atomic E-state index is 0.197. The summed E-state index contributed by atoms with van der Waals surface area (Å²) < 4.78 is 7.90.